The Bertz CT molecular complexity index is 1060. The summed E-state index contributed by atoms with van der Waals surface area (Å²) in [4.78, 5) is 7.76. The second-order valence-electron chi connectivity index (χ2n) is 4.53. The van der Waals surface area contributed by atoms with Crippen LogP contribution in [-0.4, -0.2) is 20.7 Å². The van der Waals surface area contributed by atoms with Crippen molar-refractivity contribution >= 4 is 85.4 Å². The van der Waals surface area contributed by atoms with E-state index in [2.05, 4.69) is 24.4 Å². The first-order chi connectivity index (χ1) is 12.0. The minimum absolute atomic E-state index is 0.0130. The lowest BCUT2D eigenvalue weighted by molar-refractivity contribution is 0.476. The molecule has 0 atom stereocenters. The van der Waals surface area contributed by atoms with Gasteiger partial charge in [-0.25, -0.2) is 9.22 Å². The zero-order valence-corrected chi connectivity index (χ0v) is 16.2. The molecule has 0 aliphatic rings. The molecule has 0 radical (unpaired) electrons. The first-order valence-electron chi connectivity index (χ1n) is 6.46. The van der Waals surface area contributed by atoms with E-state index in [0.29, 0.717) is 26.6 Å². The van der Waals surface area contributed by atoms with Crippen LogP contribution < -0.4 is 0 Å². The number of nitrogens with zero attached hydrogens (tertiary/aromatic N) is 5. The van der Waals surface area contributed by atoms with Crippen LogP contribution >= 0.6 is 58.1 Å². The number of thioether (sulfide) groups is 1. The van der Waals surface area contributed by atoms with Crippen LogP contribution in [-0.2, 0) is 0 Å². The third kappa shape index (κ3) is 3.26. The second-order valence-corrected chi connectivity index (χ2v) is 7.24. The van der Waals surface area contributed by atoms with Crippen molar-refractivity contribution in [2.45, 2.75) is 5.03 Å². The lowest BCUT2D eigenvalue weighted by Crippen LogP contribution is -1.80. The van der Waals surface area contributed by atoms with E-state index in [1.54, 1.807) is 6.20 Å². The molecule has 2 aromatic heterocycles. The Morgan fingerprint density at radius 3 is 2.72 bits per heavy atom. The van der Waals surface area contributed by atoms with Gasteiger partial charge in [0, 0.05) is 11.6 Å². The van der Waals surface area contributed by atoms with Gasteiger partial charge in [-0.3, -0.25) is 4.98 Å². The van der Waals surface area contributed by atoms with E-state index < -0.39 is 0 Å². The van der Waals surface area contributed by atoms with Gasteiger partial charge < -0.3 is 5.11 Å². The molecule has 25 heavy (non-hydrogen) atoms. The SMILES string of the molecule is [C-]#[N+]c1c(SC)ncc2c(/N=N/c3cc(Cl)c(O)c(Cl)c3Cl)snc12. The maximum Gasteiger partial charge on any atom is 0.245 e. The zero-order chi connectivity index (χ0) is 18.1. The van der Waals surface area contributed by atoms with Crippen molar-refractivity contribution in [2.75, 3.05) is 6.26 Å². The molecule has 126 valence electrons. The first kappa shape index (κ1) is 18.2. The lowest BCUT2D eigenvalue weighted by atomic mass is 10.3. The smallest absolute Gasteiger partial charge is 0.245 e. The van der Waals surface area contributed by atoms with Crippen molar-refractivity contribution in [2.24, 2.45) is 10.2 Å². The Labute approximate surface area is 165 Å². The van der Waals surface area contributed by atoms with Crippen LogP contribution in [0.25, 0.3) is 15.7 Å². The molecule has 2 heterocycles. The molecule has 0 unspecified atom stereocenters. The first-order valence-corrected chi connectivity index (χ1v) is 9.59. The fraction of sp³-hybridized carbons (Fsp3) is 0.0714. The number of phenols is 1. The van der Waals surface area contributed by atoms with Crippen LogP contribution in [0, 0.1) is 6.57 Å². The maximum atomic E-state index is 9.65. The van der Waals surface area contributed by atoms with Gasteiger partial charge in [-0.2, -0.15) is 0 Å². The minimum Gasteiger partial charge on any atom is -0.505 e. The van der Waals surface area contributed by atoms with Crippen LogP contribution in [0.5, 0.6) is 5.75 Å². The van der Waals surface area contributed by atoms with Crippen molar-refractivity contribution in [1.29, 1.82) is 0 Å². The molecule has 0 aliphatic carbocycles. The number of phenolic OH excluding ortho intramolecular Hbond substituents is 1. The molecule has 3 aromatic rings. The summed E-state index contributed by atoms with van der Waals surface area (Å²) in [6.45, 7) is 7.32. The topological polar surface area (TPSA) is 75.1 Å². The van der Waals surface area contributed by atoms with Gasteiger partial charge in [0.2, 0.25) is 5.69 Å². The van der Waals surface area contributed by atoms with E-state index in [9.17, 15) is 5.11 Å². The molecule has 6 nitrogen and oxygen atoms in total. The summed E-state index contributed by atoms with van der Waals surface area (Å²) in [7, 11) is 0. The van der Waals surface area contributed by atoms with Crippen LogP contribution in [0.1, 0.15) is 0 Å². The maximum absolute atomic E-state index is 9.65. The molecule has 0 saturated heterocycles. The Morgan fingerprint density at radius 1 is 1.28 bits per heavy atom. The number of hydrogen-bond donors (Lipinski definition) is 1. The van der Waals surface area contributed by atoms with Crippen LogP contribution in [0.15, 0.2) is 27.5 Å². The summed E-state index contributed by atoms with van der Waals surface area (Å²) in [5.41, 5.74) is 1.12. The highest BCUT2D eigenvalue weighted by Crippen LogP contribution is 2.45. The highest BCUT2D eigenvalue weighted by Gasteiger charge is 2.16. The van der Waals surface area contributed by atoms with E-state index in [1.807, 2.05) is 6.26 Å². The third-order valence-electron chi connectivity index (χ3n) is 3.12. The number of azo groups is 1. The Kier molecular flexibility index (Phi) is 5.32. The average Bonchev–Trinajstić information content (AvgIpc) is 3.04. The molecule has 0 saturated carbocycles. The zero-order valence-electron chi connectivity index (χ0n) is 12.3. The summed E-state index contributed by atoms with van der Waals surface area (Å²) in [5, 5.41) is 19.4. The fourth-order valence-electron chi connectivity index (χ4n) is 1.93. The number of halogens is 3. The van der Waals surface area contributed by atoms with Gasteiger partial charge in [0.05, 0.1) is 22.1 Å². The van der Waals surface area contributed by atoms with Gasteiger partial charge in [0.1, 0.15) is 15.7 Å². The van der Waals surface area contributed by atoms with Gasteiger partial charge >= 0.3 is 0 Å². The van der Waals surface area contributed by atoms with Crippen molar-refractivity contribution in [3.63, 3.8) is 0 Å². The molecule has 1 N–H and O–H groups in total. The van der Waals surface area contributed by atoms with Crippen molar-refractivity contribution in [3.8, 4) is 5.75 Å². The molecular weight excluding hydrogens is 425 g/mol. The van der Waals surface area contributed by atoms with Gasteiger partial charge in [0.25, 0.3) is 0 Å². The number of fused-ring (bicyclic) bond motifs is 1. The lowest BCUT2D eigenvalue weighted by Gasteiger charge is -2.04. The van der Waals surface area contributed by atoms with E-state index in [1.165, 1.54) is 17.8 Å². The molecule has 0 aliphatic heterocycles. The minimum atomic E-state index is -0.314. The van der Waals surface area contributed by atoms with Crippen LogP contribution in [0.4, 0.5) is 16.4 Å². The van der Waals surface area contributed by atoms with Crippen LogP contribution in [0.3, 0.4) is 0 Å². The third-order valence-corrected chi connectivity index (χ3v) is 5.68. The molecule has 0 bridgehead atoms. The molecule has 1 aromatic carbocycles. The molecule has 3 rings (SSSR count). The number of hydrogen-bond acceptors (Lipinski definition) is 7. The Balaban J connectivity index is 2.08. The van der Waals surface area contributed by atoms with Crippen molar-refractivity contribution in [1.82, 2.24) is 9.36 Å². The molecule has 11 heteroatoms. The largest absolute Gasteiger partial charge is 0.505 e. The average molecular weight is 431 g/mol. The fourth-order valence-corrected chi connectivity index (χ4v) is 3.74. The highest BCUT2D eigenvalue weighted by atomic mass is 35.5. The van der Waals surface area contributed by atoms with Crippen molar-refractivity contribution in [3.05, 3.63) is 38.7 Å². The van der Waals surface area contributed by atoms with Gasteiger partial charge in [-0.05, 0) is 23.9 Å². The number of aromatic hydroxyl groups is 1. The molecule has 0 amide bonds. The second kappa shape index (κ2) is 7.32. The van der Waals surface area contributed by atoms with E-state index in [4.69, 9.17) is 41.4 Å². The van der Waals surface area contributed by atoms with E-state index in [0.717, 1.165) is 11.5 Å². The highest BCUT2D eigenvalue weighted by molar-refractivity contribution is 7.98. The summed E-state index contributed by atoms with van der Waals surface area (Å²) < 4.78 is 4.28. The summed E-state index contributed by atoms with van der Waals surface area (Å²) in [6.07, 6.45) is 3.45. The standard InChI is InChI=1S/C14H6Cl3N5OS2/c1-18-11-10-5(4-19-14(11)24-2)13(25-22-10)21-20-7-3-6(15)12(23)9(17)8(7)16/h3-4,23H,2H3/b21-20+. The number of pyridine rings is 1. The molecule has 0 fully saturated rings. The van der Waals surface area contributed by atoms with Gasteiger partial charge in [-0.15, -0.1) is 22.0 Å². The van der Waals surface area contributed by atoms with Gasteiger partial charge in [-0.1, -0.05) is 34.8 Å². The number of benzene rings is 1. The summed E-state index contributed by atoms with van der Waals surface area (Å²) in [5.74, 6) is -0.314. The quantitative estimate of drug-likeness (QED) is 0.209. The number of rotatable bonds is 3. The predicted octanol–water partition coefficient (Wildman–Crippen LogP) is 7.05. The monoisotopic (exact) mass is 429 g/mol. The molecular formula is C14H6Cl3N5OS2. The van der Waals surface area contributed by atoms with Crippen molar-refractivity contribution < 1.29 is 5.11 Å². The normalized spacial score (nSPS) is 11.3. The van der Waals surface area contributed by atoms with Gasteiger partial charge in [0.15, 0.2) is 10.8 Å². The predicted molar refractivity (Wildman–Crippen MR) is 103 cm³/mol. The Hall–Kier alpha value is -1.63. The summed E-state index contributed by atoms with van der Waals surface area (Å²) in [6, 6.07) is 1.35. The number of aromatic nitrogens is 2. The Morgan fingerprint density at radius 2 is 2.04 bits per heavy atom. The van der Waals surface area contributed by atoms with E-state index >= 15 is 0 Å². The van der Waals surface area contributed by atoms with E-state index in [-0.39, 0.29) is 26.5 Å². The molecule has 0 spiro atoms. The van der Waals surface area contributed by atoms with Crippen LogP contribution in [0.2, 0.25) is 15.1 Å². The summed E-state index contributed by atoms with van der Waals surface area (Å²) >= 11 is 20.3.